The molecule has 3 N–H and O–H groups in total. The molecule has 292 valence electrons. The van der Waals surface area contributed by atoms with Crippen molar-refractivity contribution in [1.29, 1.82) is 5.26 Å². The predicted octanol–water partition coefficient (Wildman–Crippen LogP) is 3.52. The van der Waals surface area contributed by atoms with Gasteiger partial charge in [0, 0.05) is 51.7 Å². The fourth-order valence-electron chi connectivity index (χ4n) is 8.22. The van der Waals surface area contributed by atoms with Gasteiger partial charge >= 0.3 is 5.69 Å². The van der Waals surface area contributed by atoms with Gasteiger partial charge in [0.05, 0.1) is 45.6 Å². The summed E-state index contributed by atoms with van der Waals surface area (Å²) in [4.78, 5) is 57.0. The molecule has 7 rings (SSSR count). The normalized spacial score (nSPS) is 20.9. The Hall–Kier alpha value is -5.61. The number of carbonyl (C=O) groups is 3. The number of nitrogens with one attached hydrogen (secondary N) is 2. The fraction of sp³-hybridized carbons (Fsp3) is 0.488. The van der Waals surface area contributed by atoms with Crippen molar-refractivity contribution < 1.29 is 24.2 Å². The van der Waals surface area contributed by atoms with Gasteiger partial charge < -0.3 is 20.1 Å². The van der Waals surface area contributed by atoms with Gasteiger partial charge in [0.1, 0.15) is 30.0 Å². The molecule has 4 aromatic rings. The molecule has 15 nitrogen and oxygen atoms in total. The highest BCUT2D eigenvalue weighted by Gasteiger charge is 2.33. The van der Waals surface area contributed by atoms with Gasteiger partial charge in [-0.2, -0.15) is 10.4 Å². The number of benzene rings is 1. The number of hydrogen-bond acceptors (Lipinski definition) is 10. The Labute approximate surface area is 324 Å². The molecule has 3 amide bonds. The number of aromatic nitrogens is 5. The third kappa shape index (κ3) is 8.31. The van der Waals surface area contributed by atoms with Gasteiger partial charge in [-0.1, -0.05) is 17.9 Å². The number of anilines is 1. The molecule has 1 aromatic carbocycles. The van der Waals surface area contributed by atoms with E-state index in [1.165, 1.54) is 27.6 Å². The van der Waals surface area contributed by atoms with E-state index in [0.29, 0.717) is 33.9 Å². The zero-order valence-corrected chi connectivity index (χ0v) is 32.0. The molecular formula is C41H47N9O6. The van der Waals surface area contributed by atoms with Crippen molar-refractivity contribution in [2.45, 2.75) is 89.0 Å². The lowest BCUT2D eigenvalue weighted by atomic mass is 9.85. The molecule has 56 heavy (non-hydrogen) atoms. The van der Waals surface area contributed by atoms with Crippen LogP contribution >= 0.6 is 0 Å². The summed E-state index contributed by atoms with van der Waals surface area (Å²) in [7, 11) is 1.67. The molecule has 1 unspecified atom stereocenters. The summed E-state index contributed by atoms with van der Waals surface area (Å²) in [6.07, 6.45) is 11.0. The summed E-state index contributed by atoms with van der Waals surface area (Å²) < 4.78 is 11.0. The first-order valence-electron chi connectivity index (χ1n) is 19.2. The molecule has 0 bridgehead atoms. The van der Waals surface area contributed by atoms with E-state index in [1.807, 2.05) is 22.9 Å². The Morgan fingerprint density at radius 1 is 1.09 bits per heavy atom. The summed E-state index contributed by atoms with van der Waals surface area (Å²) >= 11 is 0. The zero-order valence-electron chi connectivity index (χ0n) is 32.0. The van der Waals surface area contributed by atoms with Crippen LogP contribution in [0.5, 0.6) is 0 Å². The SMILES string of the molecule is Cn1c(=O)n(C2CCC(=O)NC2=O)c2cccc(C#CCOC3CCN(CC4CCC(n5cc(NC(=O)c6cncc(C#N)c6)c(C(C)(C)O)n5)CC4)CC3)c21. The van der Waals surface area contributed by atoms with Crippen molar-refractivity contribution in [3.8, 4) is 17.9 Å². The minimum Gasteiger partial charge on any atom is -0.384 e. The number of piperidine rings is 2. The average molecular weight is 762 g/mol. The van der Waals surface area contributed by atoms with Crippen LogP contribution in [0.3, 0.4) is 0 Å². The number of aryl methyl sites for hydroxylation is 1. The molecule has 3 aromatic heterocycles. The minimum atomic E-state index is -1.27. The molecule has 2 aliphatic heterocycles. The first-order valence-corrected chi connectivity index (χ1v) is 19.2. The predicted molar refractivity (Wildman–Crippen MR) is 206 cm³/mol. The molecule has 0 spiro atoms. The molecule has 1 saturated carbocycles. The van der Waals surface area contributed by atoms with Gasteiger partial charge in [-0.3, -0.25) is 38.5 Å². The lowest BCUT2D eigenvalue weighted by Gasteiger charge is -2.36. The number of aliphatic hydroxyl groups is 1. The van der Waals surface area contributed by atoms with Gasteiger partial charge in [0.15, 0.2) is 0 Å². The van der Waals surface area contributed by atoms with E-state index < -0.39 is 23.5 Å². The maximum atomic E-state index is 13.2. The average Bonchev–Trinajstić information content (AvgIpc) is 3.73. The molecule has 3 aliphatic rings. The number of para-hydroxylation sites is 1. The monoisotopic (exact) mass is 761 g/mol. The van der Waals surface area contributed by atoms with Crippen LogP contribution in [-0.4, -0.2) is 84.0 Å². The van der Waals surface area contributed by atoms with E-state index in [9.17, 15) is 29.5 Å². The standard InChI is InChI=1S/C41H47N9O6/c1-41(2,55)37-32(44-38(52)29-20-27(21-42)22-43-23-29)25-49(46-37)30-11-9-26(10-12-30)24-48-17-15-31(16-18-48)56-19-5-7-28-6-4-8-33-36(28)47(3)40(54)50(33)34-13-14-35(51)45-39(34)53/h4,6,8,20,22-23,25-26,30-31,34,55H,9-19,24H2,1-3H3,(H,44,52)(H,45,51,53). The van der Waals surface area contributed by atoms with E-state index in [4.69, 9.17) is 9.84 Å². The molecular weight excluding hydrogens is 715 g/mol. The summed E-state index contributed by atoms with van der Waals surface area (Å²) in [5.74, 6) is 5.66. The number of ether oxygens (including phenoxy) is 1. The first-order chi connectivity index (χ1) is 26.9. The Bertz CT molecular complexity index is 2300. The number of imidazole rings is 1. The number of rotatable bonds is 9. The van der Waals surface area contributed by atoms with Crippen molar-refractivity contribution in [2.24, 2.45) is 13.0 Å². The van der Waals surface area contributed by atoms with Crippen LogP contribution in [0.4, 0.5) is 5.69 Å². The minimum absolute atomic E-state index is 0.121. The van der Waals surface area contributed by atoms with Crippen molar-refractivity contribution in [1.82, 2.24) is 34.1 Å². The Morgan fingerprint density at radius 2 is 1.86 bits per heavy atom. The highest BCUT2D eigenvalue weighted by molar-refractivity contribution is 6.04. The highest BCUT2D eigenvalue weighted by Crippen LogP contribution is 2.36. The van der Waals surface area contributed by atoms with Crippen LogP contribution in [0.25, 0.3) is 11.0 Å². The molecule has 0 radical (unpaired) electrons. The first kappa shape index (κ1) is 38.7. The van der Waals surface area contributed by atoms with Crippen molar-refractivity contribution in [2.75, 3.05) is 31.6 Å². The topological polar surface area (TPSA) is 189 Å². The lowest BCUT2D eigenvalue weighted by molar-refractivity contribution is -0.135. The van der Waals surface area contributed by atoms with E-state index >= 15 is 0 Å². The molecule has 2 saturated heterocycles. The van der Waals surface area contributed by atoms with Crippen molar-refractivity contribution in [3.05, 3.63) is 75.7 Å². The van der Waals surface area contributed by atoms with Gasteiger partial charge in [-0.25, -0.2) is 4.79 Å². The van der Waals surface area contributed by atoms with Crippen LogP contribution in [-0.2, 0) is 27.0 Å². The van der Waals surface area contributed by atoms with E-state index in [2.05, 4.69) is 32.4 Å². The summed E-state index contributed by atoms with van der Waals surface area (Å²) in [5, 5.41) is 30.0. The summed E-state index contributed by atoms with van der Waals surface area (Å²) in [6, 6.07) is 8.36. The number of carbonyl (C=O) groups excluding carboxylic acids is 3. The molecule has 3 fully saturated rings. The number of hydrogen-bond donors (Lipinski definition) is 3. The van der Waals surface area contributed by atoms with Crippen LogP contribution in [0, 0.1) is 29.1 Å². The Balaban J connectivity index is 0.884. The third-order valence-corrected chi connectivity index (χ3v) is 11.2. The highest BCUT2D eigenvalue weighted by atomic mass is 16.5. The van der Waals surface area contributed by atoms with E-state index in [1.54, 1.807) is 33.2 Å². The van der Waals surface area contributed by atoms with E-state index in [0.717, 1.165) is 58.2 Å². The lowest BCUT2D eigenvalue weighted by Crippen LogP contribution is -2.44. The number of amides is 3. The summed E-state index contributed by atoms with van der Waals surface area (Å²) in [5.41, 5.74) is 1.70. The Kier molecular flexibility index (Phi) is 11.2. The summed E-state index contributed by atoms with van der Waals surface area (Å²) in [6.45, 7) is 6.50. The van der Waals surface area contributed by atoms with E-state index in [-0.39, 0.29) is 54.3 Å². The number of nitriles is 1. The number of likely N-dealkylation sites (tertiary alicyclic amines) is 1. The molecule has 1 aliphatic carbocycles. The molecule has 1 atom stereocenters. The quantitative estimate of drug-likeness (QED) is 0.168. The number of fused-ring (bicyclic) bond motifs is 1. The molecule has 15 heteroatoms. The zero-order chi connectivity index (χ0) is 39.6. The molecule has 5 heterocycles. The third-order valence-electron chi connectivity index (χ3n) is 11.2. The largest absolute Gasteiger partial charge is 0.384 e. The van der Waals surface area contributed by atoms with Gasteiger partial charge in [0.2, 0.25) is 11.8 Å². The van der Waals surface area contributed by atoms with Gasteiger partial charge in [0.25, 0.3) is 5.91 Å². The number of imide groups is 1. The Morgan fingerprint density at radius 3 is 2.57 bits per heavy atom. The van der Waals surface area contributed by atoms with Gasteiger partial charge in [-0.15, -0.1) is 0 Å². The second kappa shape index (κ2) is 16.2. The second-order valence-electron chi connectivity index (χ2n) is 15.6. The smallest absolute Gasteiger partial charge is 0.329 e. The van der Waals surface area contributed by atoms with Crippen molar-refractivity contribution >= 4 is 34.4 Å². The number of pyridine rings is 1. The second-order valence-corrected chi connectivity index (χ2v) is 15.6. The number of nitrogens with zero attached hydrogens (tertiary/aromatic N) is 7. The maximum Gasteiger partial charge on any atom is 0.329 e. The fourth-order valence-corrected chi connectivity index (χ4v) is 8.22. The van der Waals surface area contributed by atoms with Crippen LogP contribution in [0.2, 0.25) is 0 Å². The van der Waals surface area contributed by atoms with Crippen molar-refractivity contribution in [3.63, 3.8) is 0 Å². The van der Waals surface area contributed by atoms with Gasteiger partial charge in [-0.05, 0) is 82.9 Å². The van der Waals surface area contributed by atoms with Crippen LogP contribution in [0.1, 0.15) is 104 Å². The van der Waals surface area contributed by atoms with Crippen LogP contribution in [0.15, 0.2) is 47.7 Å². The maximum absolute atomic E-state index is 13.2. The van der Waals surface area contributed by atoms with Crippen LogP contribution < -0.4 is 16.3 Å².